The maximum absolute atomic E-state index is 4.48. The van der Waals surface area contributed by atoms with Crippen LogP contribution in [0, 0.1) is 6.92 Å². The highest BCUT2D eigenvalue weighted by Gasteiger charge is 2.08. The third-order valence-corrected chi connectivity index (χ3v) is 3.81. The van der Waals surface area contributed by atoms with Crippen LogP contribution in [0.15, 0.2) is 28.8 Å². The minimum Gasteiger partial charge on any atom is -0.357 e. The van der Waals surface area contributed by atoms with Crippen molar-refractivity contribution >= 4 is 41.3 Å². The number of thiazole rings is 1. The Hall–Kier alpha value is -1.09. The molecule has 0 bridgehead atoms. The zero-order valence-electron chi connectivity index (χ0n) is 12.8. The number of nitrogens with one attached hydrogen (secondary N) is 1. The average molecular weight is 419 g/mol. The van der Waals surface area contributed by atoms with Gasteiger partial charge in [0.15, 0.2) is 5.96 Å². The van der Waals surface area contributed by atoms with Gasteiger partial charge in [0.25, 0.3) is 0 Å². The smallest absolute Gasteiger partial charge is 0.194 e. The monoisotopic (exact) mass is 419 g/mol. The van der Waals surface area contributed by atoms with E-state index in [1.54, 1.807) is 18.4 Å². The van der Waals surface area contributed by atoms with Crippen LogP contribution >= 0.6 is 35.3 Å². The van der Waals surface area contributed by atoms with E-state index >= 15 is 0 Å². The van der Waals surface area contributed by atoms with Crippen molar-refractivity contribution in [2.75, 3.05) is 14.1 Å². The van der Waals surface area contributed by atoms with Crippen LogP contribution in [0.2, 0.25) is 0 Å². The van der Waals surface area contributed by atoms with Gasteiger partial charge in [-0.05, 0) is 18.6 Å². The van der Waals surface area contributed by atoms with Gasteiger partial charge in [-0.25, -0.2) is 4.98 Å². The third-order valence-electron chi connectivity index (χ3n) is 2.98. The second kappa shape index (κ2) is 8.38. The van der Waals surface area contributed by atoms with E-state index in [9.17, 15) is 0 Å². The van der Waals surface area contributed by atoms with Crippen molar-refractivity contribution in [2.45, 2.75) is 20.0 Å². The molecule has 0 saturated heterocycles. The van der Waals surface area contributed by atoms with Crippen LogP contribution in [0.25, 0.3) is 0 Å². The number of aliphatic imine (C=N–C) groups is 1. The van der Waals surface area contributed by atoms with Crippen LogP contribution in [0.3, 0.4) is 0 Å². The van der Waals surface area contributed by atoms with E-state index in [1.807, 2.05) is 31.8 Å². The molecule has 5 nitrogen and oxygen atoms in total. The molecule has 0 fully saturated rings. The molecule has 0 unspecified atom stereocenters. The highest BCUT2D eigenvalue weighted by Crippen LogP contribution is 2.09. The van der Waals surface area contributed by atoms with E-state index in [0.717, 1.165) is 29.8 Å². The number of guanidine groups is 1. The Labute approximate surface area is 147 Å². The summed E-state index contributed by atoms with van der Waals surface area (Å²) in [5, 5.41) is 6.56. The second-order valence-electron chi connectivity index (χ2n) is 4.80. The SMILES string of the molecule is CN=C(NCc1ccn(C)c1)N(C)Cc1csc(C)n1.I. The highest BCUT2D eigenvalue weighted by atomic mass is 127. The molecule has 21 heavy (non-hydrogen) atoms. The molecule has 0 radical (unpaired) electrons. The summed E-state index contributed by atoms with van der Waals surface area (Å²) in [4.78, 5) is 10.9. The molecule has 7 heteroatoms. The first-order valence-electron chi connectivity index (χ1n) is 6.52. The van der Waals surface area contributed by atoms with Crippen molar-refractivity contribution in [1.29, 1.82) is 0 Å². The van der Waals surface area contributed by atoms with Crippen LogP contribution < -0.4 is 5.32 Å². The molecule has 0 aromatic carbocycles. The first-order chi connectivity index (χ1) is 9.58. The normalized spacial score (nSPS) is 11.1. The molecule has 0 aliphatic heterocycles. The summed E-state index contributed by atoms with van der Waals surface area (Å²) >= 11 is 1.68. The molecule has 0 saturated carbocycles. The van der Waals surface area contributed by atoms with Gasteiger partial charge in [0.2, 0.25) is 0 Å². The van der Waals surface area contributed by atoms with Crippen molar-refractivity contribution in [1.82, 2.24) is 19.8 Å². The van der Waals surface area contributed by atoms with Gasteiger partial charge in [-0.3, -0.25) is 4.99 Å². The minimum atomic E-state index is 0. The molecule has 0 amide bonds. The van der Waals surface area contributed by atoms with Crippen molar-refractivity contribution in [3.8, 4) is 0 Å². The fraction of sp³-hybridized carbons (Fsp3) is 0.429. The molecule has 2 aromatic rings. The Morgan fingerprint density at radius 1 is 1.52 bits per heavy atom. The number of nitrogens with zero attached hydrogens (tertiary/aromatic N) is 4. The molecular formula is C14H22IN5S. The maximum Gasteiger partial charge on any atom is 0.194 e. The Morgan fingerprint density at radius 3 is 2.81 bits per heavy atom. The van der Waals surface area contributed by atoms with Gasteiger partial charge in [0.1, 0.15) is 0 Å². The molecule has 116 valence electrons. The number of aryl methyl sites for hydroxylation is 2. The van der Waals surface area contributed by atoms with Crippen molar-refractivity contribution in [3.05, 3.63) is 40.1 Å². The van der Waals surface area contributed by atoms with Gasteiger partial charge in [-0.2, -0.15) is 0 Å². The van der Waals surface area contributed by atoms with E-state index in [-0.39, 0.29) is 24.0 Å². The summed E-state index contributed by atoms with van der Waals surface area (Å²) in [7, 11) is 5.85. The lowest BCUT2D eigenvalue weighted by atomic mass is 10.3. The number of hydrogen-bond donors (Lipinski definition) is 1. The molecule has 0 atom stereocenters. The first-order valence-corrected chi connectivity index (χ1v) is 7.40. The predicted molar refractivity (Wildman–Crippen MR) is 99.3 cm³/mol. The highest BCUT2D eigenvalue weighted by molar-refractivity contribution is 14.0. The molecular weight excluding hydrogens is 397 g/mol. The van der Waals surface area contributed by atoms with E-state index in [4.69, 9.17) is 0 Å². The van der Waals surface area contributed by atoms with E-state index in [0.29, 0.717) is 0 Å². The van der Waals surface area contributed by atoms with Gasteiger partial charge >= 0.3 is 0 Å². The number of hydrogen-bond acceptors (Lipinski definition) is 3. The predicted octanol–water partition coefficient (Wildman–Crippen LogP) is 2.62. The zero-order chi connectivity index (χ0) is 14.5. The number of aromatic nitrogens is 2. The standard InChI is InChI=1S/C14H21N5S.HI/c1-11-17-13(10-20-11)9-19(4)14(15-2)16-7-12-5-6-18(3)8-12;/h5-6,8,10H,7,9H2,1-4H3,(H,15,16);1H. The van der Waals surface area contributed by atoms with Gasteiger partial charge in [-0.15, -0.1) is 35.3 Å². The Bertz CT molecular complexity index is 590. The molecule has 1 N–H and O–H groups in total. The van der Waals surface area contributed by atoms with Crippen molar-refractivity contribution in [2.24, 2.45) is 12.0 Å². The third kappa shape index (κ3) is 5.31. The maximum atomic E-state index is 4.48. The Morgan fingerprint density at radius 2 is 2.29 bits per heavy atom. The van der Waals surface area contributed by atoms with Crippen molar-refractivity contribution in [3.63, 3.8) is 0 Å². The van der Waals surface area contributed by atoms with Crippen molar-refractivity contribution < 1.29 is 0 Å². The largest absolute Gasteiger partial charge is 0.357 e. The van der Waals surface area contributed by atoms with Gasteiger partial charge < -0.3 is 14.8 Å². The van der Waals surface area contributed by atoms with Crippen LogP contribution in [0.1, 0.15) is 16.3 Å². The molecule has 2 heterocycles. The summed E-state index contributed by atoms with van der Waals surface area (Å²) in [5.74, 6) is 0.875. The summed E-state index contributed by atoms with van der Waals surface area (Å²) in [6.45, 7) is 3.56. The molecule has 0 spiro atoms. The van der Waals surface area contributed by atoms with Crippen LogP contribution in [0.5, 0.6) is 0 Å². The molecule has 2 rings (SSSR count). The Kier molecular flexibility index (Phi) is 7.16. The summed E-state index contributed by atoms with van der Waals surface area (Å²) in [5.41, 5.74) is 2.32. The quantitative estimate of drug-likeness (QED) is 0.471. The van der Waals surface area contributed by atoms with E-state index in [2.05, 4.69) is 37.8 Å². The van der Waals surface area contributed by atoms with Crippen LogP contribution in [0.4, 0.5) is 0 Å². The second-order valence-corrected chi connectivity index (χ2v) is 5.86. The molecule has 2 aromatic heterocycles. The average Bonchev–Trinajstić information content (AvgIpc) is 2.99. The zero-order valence-corrected chi connectivity index (χ0v) is 16.0. The lowest BCUT2D eigenvalue weighted by Gasteiger charge is -2.21. The topological polar surface area (TPSA) is 45.5 Å². The van der Waals surface area contributed by atoms with Gasteiger partial charge in [-0.1, -0.05) is 0 Å². The summed E-state index contributed by atoms with van der Waals surface area (Å²) in [6, 6.07) is 2.10. The first kappa shape index (κ1) is 18.0. The fourth-order valence-electron chi connectivity index (χ4n) is 2.03. The van der Waals surface area contributed by atoms with Gasteiger partial charge in [0, 0.05) is 45.5 Å². The van der Waals surface area contributed by atoms with E-state index in [1.165, 1.54) is 5.56 Å². The lowest BCUT2D eigenvalue weighted by Crippen LogP contribution is -2.38. The summed E-state index contributed by atoms with van der Waals surface area (Å²) < 4.78 is 2.04. The Balaban J connectivity index is 0.00000220. The summed E-state index contributed by atoms with van der Waals surface area (Å²) in [6.07, 6.45) is 4.14. The molecule has 0 aliphatic rings. The number of halogens is 1. The fourth-order valence-corrected chi connectivity index (χ4v) is 2.63. The minimum absolute atomic E-state index is 0. The lowest BCUT2D eigenvalue weighted by molar-refractivity contribution is 0.470. The number of rotatable bonds is 4. The van der Waals surface area contributed by atoms with Gasteiger partial charge in [0.05, 0.1) is 17.2 Å². The van der Waals surface area contributed by atoms with Crippen LogP contribution in [-0.2, 0) is 20.1 Å². The van der Waals surface area contributed by atoms with Crippen LogP contribution in [-0.4, -0.2) is 34.5 Å². The van der Waals surface area contributed by atoms with E-state index < -0.39 is 0 Å². The molecule has 0 aliphatic carbocycles.